The third-order valence-corrected chi connectivity index (χ3v) is 5.80. The Labute approximate surface area is 202 Å². The first-order valence-corrected chi connectivity index (χ1v) is 10.7. The molecule has 1 amide bonds. The molecule has 0 fully saturated rings. The molecule has 32 heavy (non-hydrogen) atoms. The van der Waals surface area contributed by atoms with Gasteiger partial charge in [0.05, 0.1) is 21.6 Å². The van der Waals surface area contributed by atoms with Gasteiger partial charge < -0.3 is 9.15 Å². The van der Waals surface area contributed by atoms with Crippen LogP contribution in [0, 0.1) is 0 Å². The van der Waals surface area contributed by atoms with Crippen molar-refractivity contribution in [3.8, 4) is 5.75 Å². The van der Waals surface area contributed by atoms with Gasteiger partial charge >= 0.3 is 0 Å². The second-order valence-electron chi connectivity index (χ2n) is 6.57. The van der Waals surface area contributed by atoms with E-state index < -0.39 is 5.91 Å². The van der Waals surface area contributed by atoms with Gasteiger partial charge in [-0.25, -0.2) is 9.67 Å². The topological polar surface area (TPSA) is 82.2 Å². The van der Waals surface area contributed by atoms with E-state index in [1.165, 1.54) is 12.4 Å². The smallest absolute Gasteiger partial charge is 0.293 e. The molecule has 0 unspecified atom stereocenters. The Hall–Kier alpha value is -2.71. The molecule has 4 aromatic rings. The lowest BCUT2D eigenvalue weighted by atomic mass is 10.2. The number of anilines is 1. The number of carbonyl (C=O) groups excluding carboxylic acids is 1. The van der Waals surface area contributed by atoms with E-state index >= 15 is 0 Å². The van der Waals surface area contributed by atoms with Crippen molar-refractivity contribution < 1.29 is 13.9 Å². The van der Waals surface area contributed by atoms with Crippen LogP contribution in [0.2, 0.25) is 20.1 Å². The number of amides is 1. The summed E-state index contributed by atoms with van der Waals surface area (Å²) in [4.78, 5) is 16.5. The van der Waals surface area contributed by atoms with Gasteiger partial charge in [-0.05, 0) is 42.0 Å². The van der Waals surface area contributed by atoms with Gasteiger partial charge in [-0.1, -0.05) is 58.5 Å². The van der Waals surface area contributed by atoms with E-state index in [1.807, 2.05) is 6.07 Å². The molecule has 4 rings (SSSR count). The third kappa shape index (κ3) is 5.37. The number of rotatable bonds is 7. The Morgan fingerprint density at radius 1 is 1.03 bits per heavy atom. The Morgan fingerprint density at radius 2 is 1.88 bits per heavy atom. The minimum Gasteiger partial charge on any atom is -0.484 e. The molecule has 11 heteroatoms. The van der Waals surface area contributed by atoms with Crippen LogP contribution in [0.4, 0.5) is 5.95 Å². The zero-order chi connectivity index (χ0) is 22.7. The molecule has 2 aromatic heterocycles. The number of halogens is 4. The molecule has 7 nitrogen and oxygen atoms in total. The van der Waals surface area contributed by atoms with Crippen LogP contribution in [-0.4, -0.2) is 20.7 Å². The molecule has 0 aliphatic rings. The van der Waals surface area contributed by atoms with Crippen molar-refractivity contribution in [2.75, 3.05) is 5.32 Å². The van der Waals surface area contributed by atoms with E-state index in [0.29, 0.717) is 38.1 Å². The molecule has 0 spiro atoms. The highest BCUT2D eigenvalue weighted by molar-refractivity contribution is 6.43. The van der Waals surface area contributed by atoms with Crippen LogP contribution in [-0.2, 0) is 13.2 Å². The minimum atomic E-state index is -0.496. The summed E-state index contributed by atoms with van der Waals surface area (Å²) < 4.78 is 12.7. The largest absolute Gasteiger partial charge is 0.484 e. The third-order valence-electron chi connectivity index (χ3n) is 4.26. The quantitative estimate of drug-likeness (QED) is 0.312. The first-order valence-electron chi connectivity index (χ1n) is 9.19. The molecular weight excluding hydrogens is 498 g/mol. The lowest BCUT2D eigenvalue weighted by Gasteiger charge is -2.07. The molecule has 0 radical (unpaired) electrons. The standard InChI is InChI=1S/C21H14Cl4N4O3/c22-14-6-4-12(8-16(14)24)9-29-11-26-21(28-29)27-20(30)18-7-5-13(32-18)10-31-17-3-1-2-15(23)19(17)25/h1-8,11H,9-10H2,(H,27,28,30). The molecular formula is C21H14Cl4N4O3. The van der Waals surface area contributed by atoms with Crippen molar-refractivity contribution in [3.63, 3.8) is 0 Å². The summed E-state index contributed by atoms with van der Waals surface area (Å²) in [6.07, 6.45) is 1.49. The number of hydrogen-bond donors (Lipinski definition) is 1. The molecule has 1 N–H and O–H groups in total. The number of aromatic nitrogens is 3. The molecule has 0 aliphatic carbocycles. The molecule has 0 aliphatic heterocycles. The summed E-state index contributed by atoms with van der Waals surface area (Å²) in [5, 5.41) is 8.43. The van der Waals surface area contributed by atoms with Crippen molar-refractivity contribution in [1.82, 2.24) is 14.8 Å². The normalized spacial score (nSPS) is 10.9. The maximum atomic E-state index is 12.4. The second-order valence-corrected chi connectivity index (χ2v) is 8.17. The van der Waals surface area contributed by atoms with E-state index in [0.717, 1.165) is 5.56 Å². The number of furan rings is 1. The monoisotopic (exact) mass is 510 g/mol. The lowest BCUT2D eigenvalue weighted by Crippen LogP contribution is -2.12. The highest BCUT2D eigenvalue weighted by atomic mass is 35.5. The fourth-order valence-corrected chi connectivity index (χ4v) is 3.41. The molecule has 164 valence electrons. The average Bonchev–Trinajstić information content (AvgIpc) is 3.41. The van der Waals surface area contributed by atoms with Crippen molar-refractivity contribution in [2.45, 2.75) is 13.2 Å². The number of hydrogen-bond acceptors (Lipinski definition) is 5. The van der Waals surface area contributed by atoms with E-state index in [4.69, 9.17) is 55.6 Å². The number of benzene rings is 2. The van der Waals surface area contributed by atoms with Crippen molar-refractivity contribution in [2.24, 2.45) is 0 Å². The van der Waals surface area contributed by atoms with Crippen molar-refractivity contribution >= 4 is 58.3 Å². The van der Waals surface area contributed by atoms with E-state index in [1.54, 1.807) is 41.1 Å². The molecule has 0 saturated carbocycles. The summed E-state index contributed by atoms with van der Waals surface area (Å²) in [5.41, 5.74) is 0.887. The Bertz CT molecular complexity index is 1270. The molecule has 2 aromatic carbocycles. The average molecular weight is 512 g/mol. The fraction of sp³-hybridized carbons (Fsp3) is 0.0952. The number of nitrogens with zero attached hydrogens (tertiary/aromatic N) is 3. The molecule has 0 saturated heterocycles. The van der Waals surface area contributed by atoms with Crippen molar-refractivity contribution in [3.05, 3.63) is 92.0 Å². The van der Waals surface area contributed by atoms with E-state index in [2.05, 4.69) is 15.4 Å². The Balaban J connectivity index is 1.35. The van der Waals surface area contributed by atoms with Gasteiger partial charge in [-0.2, -0.15) is 0 Å². The maximum Gasteiger partial charge on any atom is 0.293 e. The summed E-state index contributed by atoms with van der Waals surface area (Å²) >= 11 is 24.0. The van der Waals surface area contributed by atoms with Gasteiger partial charge in [-0.15, -0.1) is 5.10 Å². The van der Waals surface area contributed by atoms with Crippen LogP contribution in [0.15, 0.2) is 59.3 Å². The molecule has 0 atom stereocenters. The number of nitrogens with one attached hydrogen (secondary N) is 1. The summed E-state index contributed by atoms with van der Waals surface area (Å²) in [7, 11) is 0. The van der Waals surface area contributed by atoms with Gasteiger partial charge in [0.15, 0.2) is 5.76 Å². The highest BCUT2D eigenvalue weighted by Crippen LogP contribution is 2.32. The molecule has 2 heterocycles. The highest BCUT2D eigenvalue weighted by Gasteiger charge is 2.15. The van der Waals surface area contributed by atoms with Crippen molar-refractivity contribution in [1.29, 1.82) is 0 Å². The summed E-state index contributed by atoms with van der Waals surface area (Å²) in [5.74, 6) is 0.573. The minimum absolute atomic E-state index is 0.0733. The van der Waals surface area contributed by atoms with Gasteiger partial charge in [-0.3, -0.25) is 10.1 Å². The second kappa shape index (κ2) is 9.83. The van der Waals surface area contributed by atoms with E-state index in [9.17, 15) is 4.79 Å². The van der Waals surface area contributed by atoms with Gasteiger partial charge in [0.25, 0.3) is 5.91 Å². The van der Waals surface area contributed by atoms with Gasteiger partial charge in [0.2, 0.25) is 5.95 Å². The Kier molecular flexibility index (Phi) is 6.91. The predicted molar refractivity (Wildman–Crippen MR) is 123 cm³/mol. The maximum absolute atomic E-state index is 12.4. The first kappa shape index (κ1) is 22.5. The number of ether oxygens (including phenoxy) is 1. The summed E-state index contributed by atoms with van der Waals surface area (Å²) in [6, 6.07) is 13.5. The predicted octanol–water partition coefficient (Wildman–Crippen LogP) is 6.36. The van der Waals surface area contributed by atoms with Gasteiger partial charge in [0.1, 0.15) is 29.5 Å². The zero-order valence-electron chi connectivity index (χ0n) is 16.2. The number of carbonyl (C=O) groups is 1. The van der Waals surface area contributed by atoms with Gasteiger partial charge in [0, 0.05) is 0 Å². The first-order chi connectivity index (χ1) is 15.4. The zero-order valence-corrected chi connectivity index (χ0v) is 19.2. The van der Waals surface area contributed by atoms with Crippen LogP contribution in [0.3, 0.4) is 0 Å². The van der Waals surface area contributed by atoms with Crippen LogP contribution in [0.5, 0.6) is 5.75 Å². The lowest BCUT2D eigenvalue weighted by molar-refractivity contribution is 0.0991. The molecule has 0 bridgehead atoms. The summed E-state index contributed by atoms with van der Waals surface area (Å²) in [6.45, 7) is 0.484. The SMILES string of the molecule is O=C(Nc1ncn(Cc2ccc(Cl)c(Cl)c2)n1)c1ccc(COc2cccc(Cl)c2Cl)o1. The van der Waals surface area contributed by atoms with E-state index in [-0.39, 0.29) is 18.3 Å². The van der Waals surface area contributed by atoms with Crippen LogP contribution in [0.1, 0.15) is 21.9 Å². The van der Waals surface area contributed by atoms with Crippen LogP contribution >= 0.6 is 46.4 Å². The fourth-order valence-electron chi connectivity index (χ4n) is 2.74. The van der Waals surface area contributed by atoms with Crippen LogP contribution < -0.4 is 10.1 Å². The van der Waals surface area contributed by atoms with Crippen LogP contribution in [0.25, 0.3) is 0 Å². The Morgan fingerprint density at radius 3 is 2.69 bits per heavy atom.